The molecule has 1 aromatic heterocycles. The van der Waals surface area contributed by atoms with Gasteiger partial charge in [0.1, 0.15) is 6.04 Å². The van der Waals surface area contributed by atoms with Gasteiger partial charge < -0.3 is 10.2 Å². The van der Waals surface area contributed by atoms with Crippen LogP contribution in [0.3, 0.4) is 0 Å². The van der Waals surface area contributed by atoms with E-state index >= 15 is 0 Å². The van der Waals surface area contributed by atoms with Gasteiger partial charge in [-0.05, 0) is 25.8 Å². The van der Waals surface area contributed by atoms with E-state index in [1.54, 1.807) is 4.90 Å². The highest BCUT2D eigenvalue weighted by Gasteiger charge is 2.32. The van der Waals surface area contributed by atoms with Crippen LogP contribution in [-0.4, -0.2) is 39.1 Å². The Hall–Kier alpha value is -1.85. The average molecular weight is 292 g/mol. The summed E-state index contributed by atoms with van der Waals surface area (Å²) >= 11 is 0. The Balaban J connectivity index is 2.13. The van der Waals surface area contributed by atoms with E-state index in [2.05, 4.69) is 24.3 Å². The number of carbonyl (C=O) groups excluding carboxylic acids is 2. The molecule has 1 saturated heterocycles. The molecule has 2 heterocycles. The number of carbonyl (C=O) groups is 2. The summed E-state index contributed by atoms with van der Waals surface area (Å²) < 4.78 is 1.88. The van der Waals surface area contributed by atoms with E-state index in [0.717, 1.165) is 5.69 Å². The third-order valence-electron chi connectivity index (χ3n) is 3.72. The quantitative estimate of drug-likeness (QED) is 0.910. The summed E-state index contributed by atoms with van der Waals surface area (Å²) in [6, 6.07) is 1.79. The first kappa shape index (κ1) is 15.5. The molecule has 0 aromatic carbocycles. The summed E-state index contributed by atoms with van der Waals surface area (Å²) in [5, 5.41) is 7.29. The van der Waals surface area contributed by atoms with E-state index in [1.807, 2.05) is 30.8 Å². The van der Waals surface area contributed by atoms with Crippen LogP contribution in [0.5, 0.6) is 0 Å². The molecule has 1 aromatic rings. The predicted octanol–water partition coefficient (Wildman–Crippen LogP) is 1.34. The van der Waals surface area contributed by atoms with Gasteiger partial charge in [0.25, 0.3) is 0 Å². The second kappa shape index (κ2) is 6.28. The zero-order valence-corrected chi connectivity index (χ0v) is 13.2. The zero-order valence-electron chi connectivity index (χ0n) is 13.2. The zero-order chi connectivity index (χ0) is 15.6. The van der Waals surface area contributed by atoms with Crippen LogP contribution in [0.2, 0.25) is 0 Å². The maximum absolute atomic E-state index is 12.6. The van der Waals surface area contributed by atoms with Crippen LogP contribution in [0.1, 0.15) is 45.9 Å². The Bertz CT molecular complexity index is 521. The first-order chi connectivity index (χ1) is 9.88. The molecule has 6 heteroatoms. The Kier molecular flexibility index (Phi) is 4.65. The Labute approximate surface area is 125 Å². The van der Waals surface area contributed by atoms with Gasteiger partial charge in [-0.15, -0.1) is 0 Å². The number of rotatable bonds is 4. The molecule has 21 heavy (non-hydrogen) atoms. The van der Waals surface area contributed by atoms with E-state index in [4.69, 9.17) is 0 Å². The predicted molar refractivity (Wildman–Crippen MR) is 79.4 cm³/mol. The monoisotopic (exact) mass is 292 g/mol. The van der Waals surface area contributed by atoms with Crippen molar-refractivity contribution in [3.8, 4) is 0 Å². The number of hydrogen-bond donors (Lipinski definition) is 1. The molecule has 6 nitrogen and oxygen atoms in total. The SMILES string of the molecule is CC(C)C1NC(=O)CCN(Cc2ccn(C(C)C)n2)C1=O. The molecule has 0 spiro atoms. The Morgan fingerprint density at radius 1 is 1.33 bits per heavy atom. The maximum Gasteiger partial charge on any atom is 0.245 e. The van der Waals surface area contributed by atoms with Crippen molar-refractivity contribution in [2.45, 2.75) is 52.7 Å². The molecule has 1 fully saturated rings. The van der Waals surface area contributed by atoms with Gasteiger partial charge in [0.15, 0.2) is 0 Å². The van der Waals surface area contributed by atoms with Gasteiger partial charge in [-0.2, -0.15) is 5.10 Å². The van der Waals surface area contributed by atoms with Crippen LogP contribution in [0.25, 0.3) is 0 Å². The van der Waals surface area contributed by atoms with Crippen LogP contribution < -0.4 is 5.32 Å². The van der Waals surface area contributed by atoms with Crippen LogP contribution >= 0.6 is 0 Å². The summed E-state index contributed by atoms with van der Waals surface area (Å²) in [6.07, 6.45) is 2.27. The van der Waals surface area contributed by atoms with E-state index in [1.165, 1.54) is 0 Å². The normalized spacial score (nSPS) is 20.1. The number of amides is 2. The molecule has 1 aliphatic heterocycles. The molecule has 1 N–H and O–H groups in total. The van der Waals surface area contributed by atoms with Crippen LogP contribution in [0, 0.1) is 5.92 Å². The molecule has 0 aliphatic carbocycles. The molecule has 0 radical (unpaired) electrons. The molecular weight excluding hydrogens is 268 g/mol. The largest absolute Gasteiger partial charge is 0.344 e. The van der Waals surface area contributed by atoms with Crippen LogP contribution in [0.4, 0.5) is 0 Å². The standard InChI is InChI=1S/C15H24N4O2/c1-10(2)14-15(21)18(7-6-13(20)16-14)9-12-5-8-19(17-12)11(3)4/h5,8,10-11,14H,6-7,9H2,1-4H3,(H,16,20). The van der Waals surface area contributed by atoms with Gasteiger partial charge in [0.2, 0.25) is 11.8 Å². The van der Waals surface area contributed by atoms with E-state index in [-0.39, 0.29) is 17.7 Å². The number of nitrogens with zero attached hydrogens (tertiary/aromatic N) is 3. The van der Waals surface area contributed by atoms with Crippen molar-refractivity contribution in [1.82, 2.24) is 20.0 Å². The van der Waals surface area contributed by atoms with Crippen LogP contribution in [0.15, 0.2) is 12.3 Å². The van der Waals surface area contributed by atoms with Crippen molar-refractivity contribution in [1.29, 1.82) is 0 Å². The van der Waals surface area contributed by atoms with Crippen molar-refractivity contribution in [2.75, 3.05) is 6.54 Å². The fraction of sp³-hybridized carbons (Fsp3) is 0.667. The molecule has 2 amide bonds. The lowest BCUT2D eigenvalue weighted by Gasteiger charge is -2.25. The minimum Gasteiger partial charge on any atom is -0.344 e. The molecule has 0 saturated carbocycles. The third kappa shape index (κ3) is 3.62. The highest BCUT2D eigenvalue weighted by molar-refractivity contribution is 5.90. The van der Waals surface area contributed by atoms with Crippen LogP contribution in [-0.2, 0) is 16.1 Å². The molecule has 1 aliphatic rings. The lowest BCUT2D eigenvalue weighted by Crippen LogP contribution is -2.47. The first-order valence-corrected chi connectivity index (χ1v) is 7.50. The van der Waals surface area contributed by atoms with Gasteiger partial charge in [0, 0.05) is 25.2 Å². The first-order valence-electron chi connectivity index (χ1n) is 7.50. The smallest absolute Gasteiger partial charge is 0.245 e. The molecule has 1 atom stereocenters. The summed E-state index contributed by atoms with van der Waals surface area (Å²) in [5.41, 5.74) is 0.855. The molecule has 116 valence electrons. The highest BCUT2D eigenvalue weighted by Crippen LogP contribution is 2.14. The minimum absolute atomic E-state index is 0.0186. The summed E-state index contributed by atoms with van der Waals surface area (Å²) in [7, 11) is 0. The van der Waals surface area contributed by atoms with E-state index < -0.39 is 6.04 Å². The second-order valence-electron chi connectivity index (χ2n) is 6.18. The summed E-state index contributed by atoms with van der Waals surface area (Å²) in [5.74, 6) is 0.00229. The van der Waals surface area contributed by atoms with Gasteiger partial charge >= 0.3 is 0 Å². The van der Waals surface area contributed by atoms with Crippen molar-refractivity contribution in [3.63, 3.8) is 0 Å². The second-order valence-corrected chi connectivity index (χ2v) is 6.18. The Morgan fingerprint density at radius 3 is 2.62 bits per heavy atom. The molecular formula is C15H24N4O2. The Morgan fingerprint density at radius 2 is 2.05 bits per heavy atom. The molecule has 0 bridgehead atoms. The summed E-state index contributed by atoms with van der Waals surface area (Å²) in [4.78, 5) is 26.0. The average Bonchev–Trinajstić information content (AvgIpc) is 2.83. The van der Waals surface area contributed by atoms with Gasteiger partial charge in [0.05, 0.1) is 12.2 Å². The van der Waals surface area contributed by atoms with Crippen molar-refractivity contribution < 1.29 is 9.59 Å². The maximum atomic E-state index is 12.6. The van der Waals surface area contributed by atoms with E-state index in [0.29, 0.717) is 25.6 Å². The number of hydrogen-bond acceptors (Lipinski definition) is 3. The van der Waals surface area contributed by atoms with Gasteiger partial charge in [-0.25, -0.2) is 0 Å². The topological polar surface area (TPSA) is 67.2 Å². The fourth-order valence-electron chi connectivity index (χ4n) is 2.40. The minimum atomic E-state index is -0.438. The lowest BCUT2D eigenvalue weighted by molar-refractivity contribution is -0.135. The molecule has 2 rings (SSSR count). The van der Waals surface area contributed by atoms with Crippen molar-refractivity contribution in [3.05, 3.63) is 18.0 Å². The van der Waals surface area contributed by atoms with Crippen molar-refractivity contribution in [2.24, 2.45) is 5.92 Å². The number of aromatic nitrogens is 2. The number of nitrogens with one attached hydrogen (secondary N) is 1. The van der Waals surface area contributed by atoms with Gasteiger partial charge in [-0.3, -0.25) is 14.3 Å². The highest BCUT2D eigenvalue weighted by atomic mass is 16.2. The van der Waals surface area contributed by atoms with E-state index in [9.17, 15) is 9.59 Å². The fourth-order valence-corrected chi connectivity index (χ4v) is 2.40. The summed E-state index contributed by atoms with van der Waals surface area (Å²) in [6.45, 7) is 8.91. The third-order valence-corrected chi connectivity index (χ3v) is 3.72. The van der Waals surface area contributed by atoms with Gasteiger partial charge in [-0.1, -0.05) is 13.8 Å². The lowest BCUT2D eigenvalue weighted by atomic mass is 10.0. The van der Waals surface area contributed by atoms with Crippen molar-refractivity contribution >= 4 is 11.8 Å². The molecule has 1 unspecified atom stereocenters.